The van der Waals surface area contributed by atoms with Crippen LogP contribution < -0.4 is 10.6 Å². The minimum Gasteiger partial charge on any atom is -0.381 e. The second-order valence-electron chi connectivity index (χ2n) is 5.59. The Bertz CT molecular complexity index is 624. The molecule has 22 heavy (non-hydrogen) atoms. The third-order valence-corrected chi connectivity index (χ3v) is 3.88. The van der Waals surface area contributed by atoms with Crippen molar-refractivity contribution >= 4 is 11.6 Å². The first kappa shape index (κ1) is 14.5. The lowest BCUT2D eigenvalue weighted by Crippen LogP contribution is -2.23. The van der Waals surface area contributed by atoms with Crippen LogP contribution in [-0.2, 0) is 6.54 Å². The lowest BCUT2D eigenvalue weighted by atomic mass is 10.2. The molecule has 2 aromatic heterocycles. The number of aromatic nitrogens is 2. The molecule has 0 radical (unpaired) electrons. The molecular weight excluding hydrogens is 276 g/mol. The van der Waals surface area contributed by atoms with Crippen LogP contribution >= 0.6 is 0 Å². The molecule has 3 rings (SSSR count). The van der Waals surface area contributed by atoms with E-state index in [1.807, 2.05) is 24.3 Å². The van der Waals surface area contributed by atoms with E-state index in [-0.39, 0.29) is 5.91 Å². The Morgan fingerprint density at radius 3 is 2.86 bits per heavy atom. The van der Waals surface area contributed by atoms with Crippen molar-refractivity contribution in [3.05, 3.63) is 54.1 Å². The SMILES string of the molecule is O=C(NCc1ccccn1)c1cncc(NC2CCCC2)c1. The summed E-state index contributed by atoms with van der Waals surface area (Å²) in [6.45, 7) is 0.417. The molecule has 0 bridgehead atoms. The highest BCUT2D eigenvalue weighted by Gasteiger charge is 2.15. The highest BCUT2D eigenvalue weighted by atomic mass is 16.1. The van der Waals surface area contributed by atoms with Gasteiger partial charge in [-0.25, -0.2) is 0 Å². The minimum atomic E-state index is -0.131. The number of amides is 1. The maximum Gasteiger partial charge on any atom is 0.253 e. The molecule has 0 saturated heterocycles. The van der Waals surface area contributed by atoms with Crippen molar-refractivity contribution in [3.63, 3.8) is 0 Å². The summed E-state index contributed by atoms with van der Waals surface area (Å²) in [4.78, 5) is 20.6. The van der Waals surface area contributed by atoms with E-state index in [0.29, 0.717) is 18.2 Å². The van der Waals surface area contributed by atoms with E-state index < -0.39 is 0 Å². The lowest BCUT2D eigenvalue weighted by Gasteiger charge is -2.13. The van der Waals surface area contributed by atoms with Crippen LogP contribution in [0.4, 0.5) is 5.69 Å². The molecule has 1 aliphatic rings. The summed E-state index contributed by atoms with van der Waals surface area (Å²) in [6.07, 6.45) is 10.0. The fourth-order valence-electron chi connectivity index (χ4n) is 2.72. The highest BCUT2D eigenvalue weighted by molar-refractivity contribution is 5.94. The van der Waals surface area contributed by atoms with E-state index in [4.69, 9.17) is 0 Å². The Morgan fingerprint density at radius 1 is 1.23 bits per heavy atom. The molecule has 0 atom stereocenters. The Balaban J connectivity index is 1.59. The summed E-state index contributed by atoms with van der Waals surface area (Å²) in [5, 5.41) is 6.32. The van der Waals surface area contributed by atoms with Gasteiger partial charge in [0.15, 0.2) is 0 Å². The number of carbonyl (C=O) groups is 1. The molecule has 114 valence electrons. The number of carbonyl (C=O) groups excluding carboxylic acids is 1. The van der Waals surface area contributed by atoms with Crippen LogP contribution in [0.2, 0.25) is 0 Å². The number of nitrogens with one attached hydrogen (secondary N) is 2. The second kappa shape index (κ2) is 7.02. The van der Waals surface area contributed by atoms with Crippen molar-refractivity contribution < 1.29 is 4.79 Å². The van der Waals surface area contributed by atoms with Gasteiger partial charge in [-0.05, 0) is 31.0 Å². The molecule has 2 N–H and O–H groups in total. The monoisotopic (exact) mass is 296 g/mol. The molecule has 2 heterocycles. The number of pyridine rings is 2. The van der Waals surface area contributed by atoms with Gasteiger partial charge in [-0.15, -0.1) is 0 Å². The Morgan fingerprint density at radius 2 is 2.09 bits per heavy atom. The lowest BCUT2D eigenvalue weighted by molar-refractivity contribution is 0.0950. The fraction of sp³-hybridized carbons (Fsp3) is 0.353. The zero-order valence-electron chi connectivity index (χ0n) is 12.5. The first-order valence-electron chi connectivity index (χ1n) is 7.71. The van der Waals surface area contributed by atoms with Crippen molar-refractivity contribution in [1.29, 1.82) is 0 Å². The van der Waals surface area contributed by atoms with E-state index in [2.05, 4.69) is 20.6 Å². The van der Waals surface area contributed by atoms with Crippen LogP contribution in [0.25, 0.3) is 0 Å². The molecule has 1 fully saturated rings. The van der Waals surface area contributed by atoms with E-state index in [9.17, 15) is 4.79 Å². The van der Waals surface area contributed by atoms with Gasteiger partial charge in [-0.1, -0.05) is 18.9 Å². The molecule has 0 aromatic carbocycles. The van der Waals surface area contributed by atoms with Crippen LogP contribution in [0.15, 0.2) is 42.9 Å². The number of hydrogen-bond donors (Lipinski definition) is 2. The first-order valence-corrected chi connectivity index (χ1v) is 7.71. The van der Waals surface area contributed by atoms with Crippen LogP contribution in [0.5, 0.6) is 0 Å². The molecule has 0 unspecified atom stereocenters. The largest absolute Gasteiger partial charge is 0.381 e. The quantitative estimate of drug-likeness (QED) is 0.890. The molecule has 1 saturated carbocycles. The van der Waals surface area contributed by atoms with Gasteiger partial charge in [0.1, 0.15) is 0 Å². The Hall–Kier alpha value is -2.43. The van der Waals surface area contributed by atoms with Gasteiger partial charge in [0.05, 0.1) is 23.5 Å². The van der Waals surface area contributed by atoms with E-state index in [0.717, 1.165) is 11.4 Å². The van der Waals surface area contributed by atoms with Crippen molar-refractivity contribution in [2.45, 2.75) is 38.3 Å². The topological polar surface area (TPSA) is 66.9 Å². The predicted molar refractivity (Wildman–Crippen MR) is 85.5 cm³/mol. The summed E-state index contributed by atoms with van der Waals surface area (Å²) in [7, 11) is 0. The molecule has 5 nitrogen and oxygen atoms in total. The number of nitrogens with zero attached hydrogens (tertiary/aromatic N) is 2. The van der Waals surface area contributed by atoms with E-state index >= 15 is 0 Å². The van der Waals surface area contributed by atoms with Gasteiger partial charge >= 0.3 is 0 Å². The number of rotatable bonds is 5. The zero-order chi connectivity index (χ0) is 15.2. The number of anilines is 1. The summed E-state index contributed by atoms with van der Waals surface area (Å²) in [6, 6.07) is 8.01. The molecule has 0 spiro atoms. The third kappa shape index (κ3) is 3.81. The molecule has 2 aromatic rings. The van der Waals surface area contributed by atoms with Gasteiger partial charge in [0.25, 0.3) is 5.91 Å². The van der Waals surface area contributed by atoms with Crippen molar-refractivity contribution in [2.75, 3.05) is 5.32 Å². The normalized spacial score (nSPS) is 14.7. The van der Waals surface area contributed by atoms with E-state index in [1.165, 1.54) is 25.7 Å². The van der Waals surface area contributed by atoms with Crippen molar-refractivity contribution in [3.8, 4) is 0 Å². The van der Waals surface area contributed by atoms with Gasteiger partial charge in [0.2, 0.25) is 0 Å². The van der Waals surface area contributed by atoms with Crippen LogP contribution in [0.1, 0.15) is 41.7 Å². The Labute approximate surface area is 130 Å². The average Bonchev–Trinajstić information content (AvgIpc) is 3.07. The molecular formula is C17H20N4O. The average molecular weight is 296 g/mol. The zero-order valence-corrected chi connectivity index (χ0v) is 12.5. The van der Waals surface area contributed by atoms with Crippen LogP contribution in [0.3, 0.4) is 0 Å². The Kier molecular flexibility index (Phi) is 4.63. The minimum absolute atomic E-state index is 0.131. The maximum absolute atomic E-state index is 12.2. The molecule has 1 amide bonds. The van der Waals surface area contributed by atoms with Gasteiger partial charge < -0.3 is 10.6 Å². The predicted octanol–water partition coefficient (Wildman–Crippen LogP) is 2.76. The highest BCUT2D eigenvalue weighted by Crippen LogP contribution is 2.22. The van der Waals surface area contributed by atoms with Gasteiger partial charge in [-0.2, -0.15) is 0 Å². The second-order valence-corrected chi connectivity index (χ2v) is 5.59. The van der Waals surface area contributed by atoms with Crippen molar-refractivity contribution in [2.24, 2.45) is 0 Å². The van der Waals surface area contributed by atoms with Crippen LogP contribution in [0, 0.1) is 0 Å². The van der Waals surface area contributed by atoms with Gasteiger partial charge in [-0.3, -0.25) is 14.8 Å². The summed E-state index contributed by atoms with van der Waals surface area (Å²) in [5.41, 5.74) is 2.32. The van der Waals surface area contributed by atoms with Crippen molar-refractivity contribution in [1.82, 2.24) is 15.3 Å². The summed E-state index contributed by atoms with van der Waals surface area (Å²) >= 11 is 0. The maximum atomic E-state index is 12.2. The molecule has 5 heteroatoms. The first-order chi connectivity index (χ1) is 10.8. The molecule has 0 aliphatic heterocycles. The molecule has 1 aliphatic carbocycles. The number of hydrogen-bond acceptors (Lipinski definition) is 4. The van der Waals surface area contributed by atoms with E-state index in [1.54, 1.807) is 18.6 Å². The standard InChI is InChI=1S/C17H20N4O/c22-17(20-12-15-7-3-4-8-19-15)13-9-16(11-18-10-13)21-14-5-1-2-6-14/h3-4,7-11,14,21H,1-2,5-6,12H2,(H,20,22). The fourth-order valence-corrected chi connectivity index (χ4v) is 2.72. The van der Waals surface area contributed by atoms with Crippen LogP contribution in [-0.4, -0.2) is 21.9 Å². The smallest absolute Gasteiger partial charge is 0.253 e. The summed E-state index contributed by atoms with van der Waals surface area (Å²) < 4.78 is 0. The van der Waals surface area contributed by atoms with Gasteiger partial charge in [0, 0.05) is 24.6 Å². The third-order valence-electron chi connectivity index (χ3n) is 3.88. The summed E-state index contributed by atoms with van der Waals surface area (Å²) in [5.74, 6) is -0.131.